The zero-order valence-electron chi connectivity index (χ0n) is 9.74. The van der Waals surface area contributed by atoms with Gasteiger partial charge in [0.25, 0.3) is 0 Å². The molecule has 0 atom stereocenters. The smallest absolute Gasteiger partial charge is 0.0399 e. The first kappa shape index (κ1) is 11.8. The van der Waals surface area contributed by atoms with Crippen molar-refractivity contribution in [1.29, 1.82) is 0 Å². The topological polar surface area (TPSA) is 3.24 Å². The zero-order valence-corrected chi connectivity index (χ0v) is 10.5. The van der Waals surface area contributed by atoms with Crippen LogP contribution in [0.25, 0.3) is 0 Å². The Morgan fingerprint density at radius 1 is 1.06 bits per heavy atom. The average molecular weight is 238 g/mol. The van der Waals surface area contributed by atoms with E-state index in [1.807, 2.05) is 0 Å². The maximum atomic E-state index is 5.92. The molecule has 1 nitrogen and oxygen atoms in total. The Bertz CT molecular complexity index is 293. The minimum absolute atomic E-state index is 0.704. The van der Waals surface area contributed by atoms with Crippen LogP contribution in [0.5, 0.6) is 0 Å². The third-order valence-corrected chi connectivity index (χ3v) is 3.60. The van der Waals surface area contributed by atoms with Crippen LogP contribution in [-0.2, 0) is 0 Å². The van der Waals surface area contributed by atoms with Gasteiger partial charge < -0.3 is 4.90 Å². The summed E-state index contributed by atoms with van der Waals surface area (Å²) in [7, 11) is 0. The second kappa shape index (κ2) is 6.15. The highest BCUT2D eigenvalue weighted by Crippen LogP contribution is 2.27. The molecule has 0 bridgehead atoms. The third-order valence-electron chi connectivity index (χ3n) is 3.43. The molecule has 0 aliphatic heterocycles. The molecule has 88 valence electrons. The quantitative estimate of drug-likeness (QED) is 0.714. The Balaban J connectivity index is 2.09. The number of hydrogen-bond donors (Lipinski definition) is 0. The Morgan fingerprint density at radius 3 is 2.38 bits per heavy atom. The van der Waals surface area contributed by atoms with Gasteiger partial charge in [-0.05, 0) is 25.0 Å². The van der Waals surface area contributed by atoms with Gasteiger partial charge in [-0.1, -0.05) is 37.5 Å². The summed E-state index contributed by atoms with van der Waals surface area (Å²) in [6.45, 7) is 0.968. The largest absolute Gasteiger partial charge is 0.367 e. The molecule has 1 aromatic rings. The van der Waals surface area contributed by atoms with Gasteiger partial charge in [-0.25, -0.2) is 0 Å². The summed E-state index contributed by atoms with van der Waals surface area (Å²) in [4.78, 5) is 2.49. The van der Waals surface area contributed by atoms with Gasteiger partial charge in [0.05, 0.1) is 0 Å². The number of halogens is 1. The van der Waals surface area contributed by atoms with Gasteiger partial charge in [0.2, 0.25) is 0 Å². The molecule has 0 N–H and O–H groups in total. The molecule has 0 unspecified atom stereocenters. The SMILES string of the molecule is ClCCN(c1ccccc1)C1CCCCC1. The molecule has 16 heavy (non-hydrogen) atoms. The number of benzene rings is 1. The van der Waals surface area contributed by atoms with E-state index in [0.717, 1.165) is 6.54 Å². The van der Waals surface area contributed by atoms with Gasteiger partial charge in [0.15, 0.2) is 0 Å². The van der Waals surface area contributed by atoms with E-state index in [1.54, 1.807) is 0 Å². The number of rotatable bonds is 4. The second-order valence-electron chi connectivity index (χ2n) is 4.51. The molecular weight excluding hydrogens is 218 g/mol. The molecule has 2 rings (SSSR count). The molecule has 1 fully saturated rings. The Morgan fingerprint density at radius 2 is 1.75 bits per heavy atom. The predicted octanol–water partition coefficient (Wildman–Crippen LogP) is 4.06. The molecule has 1 aliphatic rings. The maximum Gasteiger partial charge on any atom is 0.0399 e. The van der Waals surface area contributed by atoms with E-state index >= 15 is 0 Å². The van der Waals surface area contributed by atoms with Crippen molar-refractivity contribution in [3.8, 4) is 0 Å². The molecule has 0 amide bonds. The average Bonchev–Trinajstić information content (AvgIpc) is 2.38. The Kier molecular flexibility index (Phi) is 4.53. The lowest BCUT2D eigenvalue weighted by molar-refractivity contribution is 0.418. The van der Waals surface area contributed by atoms with Gasteiger partial charge in [0, 0.05) is 24.2 Å². The molecule has 0 heterocycles. The number of anilines is 1. The van der Waals surface area contributed by atoms with Crippen LogP contribution in [0.1, 0.15) is 32.1 Å². The van der Waals surface area contributed by atoms with Crippen molar-refractivity contribution < 1.29 is 0 Å². The van der Waals surface area contributed by atoms with Crippen molar-refractivity contribution in [3.05, 3.63) is 30.3 Å². The number of nitrogens with zero attached hydrogens (tertiary/aromatic N) is 1. The number of hydrogen-bond acceptors (Lipinski definition) is 1. The first-order chi connectivity index (χ1) is 7.92. The summed E-state index contributed by atoms with van der Waals surface area (Å²) in [6.07, 6.45) is 6.80. The lowest BCUT2D eigenvalue weighted by Crippen LogP contribution is -2.38. The summed E-state index contributed by atoms with van der Waals surface area (Å²) < 4.78 is 0. The van der Waals surface area contributed by atoms with Gasteiger partial charge >= 0.3 is 0 Å². The molecule has 1 aromatic carbocycles. The van der Waals surface area contributed by atoms with E-state index in [9.17, 15) is 0 Å². The molecule has 1 saturated carbocycles. The molecule has 0 spiro atoms. The van der Waals surface area contributed by atoms with Crippen molar-refractivity contribution in [3.63, 3.8) is 0 Å². The van der Waals surface area contributed by atoms with Crippen LogP contribution in [0.15, 0.2) is 30.3 Å². The fourth-order valence-electron chi connectivity index (χ4n) is 2.63. The van der Waals surface area contributed by atoms with Crippen molar-refractivity contribution in [2.45, 2.75) is 38.1 Å². The Hall–Kier alpha value is -0.690. The number of para-hydroxylation sites is 1. The monoisotopic (exact) mass is 237 g/mol. The van der Waals surface area contributed by atoms with E-state index in [0.29, 0.717) is 11.9 Å². The fraction of sp³-hybridized carbons (Fsp3) is 0.571. The number of alkyl halides is 1. The summed E-state index contributed by atoms with van der Waals surface area (Å²) in [5, 5.41) is 0. The van der Waals surface area contributed by atoms with Crippen LogP contribution in [0, 0.1) is 0 Å². The highest BCUT2D eigenvalue weighted by Gasteiger charge is 2.20. The highest BCUT2D eigenvalue weighted by atomic mass is 35.5. The lowest BCUT2D eigenvalue weighted by atomic mass is 9.94. The van der Waals surface area contributed by atoms with Gasteiger partial charge in [-0.15, -0.1) is 11.6 Å². The molecule has 0 saturated heterocycles. The van der Waals surface area contributed by atoms with Gasteiger partial charge in [-0.2, -0.15) is 0 Å². The van der Waals surface area contributed by atoms with Gasteiger partial charge in [0.1, 0.15) is 0 Å². The van der Waals surface area contributed by atoms with Crippen LogP contribution in [0.2, 0.25) is 0 Å². The van der Waals surface area contributed by atoms with Crippen LogP contribution < -0.4 is 4.90 Å². The maximum absolute atomic E-state index is 5.92. The summed E-state index contributed by atoms with van der Waals surface area (Å²) in [6, 6.07) is 11.4. The van der Waals surface area contributed by atoms with E-state index in [-0.39, 0.29) is 0 Å². The van der Waals surface area contributed by atoms with Crippen LogP contribution >= 0.6 is 11.6 Å². The summed E-state index contributed by atoms with van der Waals surface area (Å²) in [5.74, 6) is 0.714. The minimum atomic E-state index is 0.704. The van der Waals surface area contributed by atoms with E-state index in [2.05, 4.69) is 35.2 Å². The standard InChI is InChI=1S/C14H20ClN/c15-11-12-16(13-7-3-1-4-8-13)14-9-5-2-6-10-14/h1,3-4,7-8,14H,2,5-6,9-12H2. The van der Waals surface area contributed by atoms with Gasteiger partial charge in [-0.3, -0.25) is 0 Å². The first-order valence-electron chi connectivity index (χ1n) is 6.29. The van der Waals surface area contributed by atoms with Crippen LogP contribution in [0.4, 0.5) is 5.69 Å². The predicted molar refractivity (Wildman–Crippen MR) is 71.4 cm³/mol. The van der Waals surface area contributed by atoms with E-state index in [1.165, 1.54) is 37.8 Å². The molecule has 0 radical (unpaired) electrons. The minimum Gasteiger partial charge on any atom is -0.367 e. The molecule has 2 heteroatoms. The van der Waals surface area contributed by atoms with Crippen LogP contribution in [-0.4, -0.2) is 18.5 Å². The van der Waals surface area contributed by atoms with E-state index in [4.69, 9.17) is 11.6 Å². The lowest BCUT2D eigenvalue weighted by Gasteiger charge is -2.35. The Labute approximate surface area is 103 Å². The summed E-state index contributed by atoms with van der Waals surface area (Å²) in [5.41, 5.74) is 1.33. The van der Waals surface area contributed by atoms with Crippen molar-refractivity contribution >= 4 is 17.3 Å². The molecule has 0 aromatic heterocycles. The molecule has 1 aliphatic carbocycles. The summed E-state index contributed by atoms with van der Waals surface area (Å²) >= 11 is 5.92. The van der Waals surface area contributed by atoms with Crippen molar-refractivity contribution in [1.82, 2.24) is 0 Å². The second-order valence-corrected chi connectivity index (χ2v) is 4.89. The van der Waals surface area contributed by atoms with Crippen molar-refractivity contribution in [2.24, 2.45) is 0 Å². The zero-order chi connectivity index (χ0) is 11.2. The third kappa shape index (κ3) is 2.91. The first-order valence-corrected chi connectivity index (χ1v) is 6.83. The van der Waals surface area contributed by atoms with Crippen LogP contribution in [0.3, 0.4) is 0 Å². The van der Waals surface area contributed by atoms with E-state index < -0.39 is 0 Å². The molecular formula is C14H20ClN. The highest BCUT2D eigenvalue weighted by molar-refractivity contribution is 6.18. The normalized spacial score (nSPS) is 17.3. The fourth-order valence-corrected chi connectivity index (χ4v) is 2.81. The van der Waals surface area contributed by atoms with Crippen molar-refractivity contribution in [2.75, 3.05) is 17.3 Å².